The van der Waals surface area contributed by atoms with Crippen LogP contribution >= 0.6 is 11.6 Å². The van der Waals surface area contributed by atoms with Gasteiger partial charge in [-0.2, -0.15) is 0 Å². The Hall–Kier alpha value is -0.730. The van der Waals surface area contributed by atoms with Crippen LogP contribution in [-0.4, -0.2) is 37.1 Å². The normalized spacial score (nSPS) is 28.6. The molecular formula is C17H25ClN2. The van der Waals surface area contributed by atoms with Crippen LogP contribution in [0.2, 0.25) is 5.02 Å². The molecule has 1 heterocycles. The Morgan fingerprint density at radius 3 is 2.35 bits per heavy atom. The number of halogens is 1. The lowest BCUT2D eigenvalue weighted by Crippen LogP contribution is -2.51. The van der Waals surface area contributed by atoms with Crippen LogP contribution in [0.3, 0.4) is 0 Å². The Balaban J connectivity index is 1.55. The fraction of sp³-hybridized carbons (Fsp3) is 0.647. The Morgan fingerprint density at radius 2 is 1.70 bits per heavy atom. The molecule has 0 spiro atoms. The fourth-order valence-electron chi connectivity index (χ4n) is 3.73. The van der Waals surface area contributed by atoms with Crippen molar-refractivity contribution in [2.75, 3.05) is 31.1 Å². The Labute approximate surface area is 127 Å². The van der Waals surface area contributed by atoms with Crippen LogP contribution in [0.1, 0.15) is 32.6 Å². The highest BCUT2D eigenvalue weighted by Gasteiger charge is 2.27. The number of benzene rings is 1. The molecule has 1 aliphatic heterocycles. The second-order valence-electron chi connectivity index (χ2n) is 6.43. The molecule has 1 saturated heterocycles. The monoisotopic (exact) mass is 292 g/mol. The number of hydrogen-bond donors (Lipinski definition) is 0. The van der Waals surface area contributed by atoms with Gasteiger partial charge < -0.3 is 4.90 Å². The summed E-state index contributed by atoms with van der Waals surface area (Å²) in [5, 5.41) is 0.823. The number of rotatable bonds is 2. The quantitative estimate of drug-likeness (QED) is 0.812. The average Bonchev–Trinajstić information content (AvgIpc) is 2.48. The third-order valence-electron chi connectivity index (χ3n) is 4.93. The second kappa shape index (κ2) is 6.36. The molecule has 2 nitrogen and oxygen atoms in total. The standard InChI is InChI=1S/C17H25ClN2/c1-14-3-2-4-17(13-14)20-11-9-19(10-12-20)16-7-5-15(18)6-8-16/h5-8,14,17H,2-4,9-13H2,1H3/t14-,17-/m0/s1. The highest BCUT2D eigenvalue weighted by Crippen LogP contribution is 2.28. The van der Waals surface area contributed by atoms with Crippen molar-refractivity contribution in [1.29, 1.82) is 0 Å². The lowest BCUT2D eigenvalue weighted by Gasteiger charge is -2.42. The summed E-state index contributed by atoms with van der Waals surface area (Å²) in [6.45, 7) is 7.12. The number of piperazine rings is 1. The smallest absolute Gasteiger partial charge is 0.0407 e. The van der Waals surface area contributed by atoms with Gasteiger partial charge in [-0.15, -0.1) is 0 Å². The highest BCUT2D eigenvalue weighted by molar-refractivity contribution is 6.30. The van der Waals surface area contributed by atoms with E-state index in [9.17, 15) is 0 Å². The average molecular weight is 293 g/mol. The van der Waals surface area contributed by atoms with Crippen LogP contribution < -0.4 is 4.90 Å². The molecule has 1 aromatic rings. The molecule has 1 saturated carbocycles. The van der Waals surface area contributed by atoms with Gasteiger partial charge in [-0.3, -0.25) is 4.90 Å². The molecule has 0 amide bonds. The number of anilines is 1. The van der Waals surface area contributed by atoms with Crippen molar-refractivity contribution in [3.63, 3.8) is 0 Å². The maximum atomic E-state index is 5.96. The van der Waals surface area contributed by atoms with E-state index in [1.54, 1.807) is 0 Å². The van der Waals surface area contributed by atoms with Crippen molar-refractivity contribution >= 4 is 17.3 Å². The summed E-state index contributed by atoms with van der Waals surface area (Å²) in [5.41, 5.74) is 1.31. The van der Waals surface area contributed by atoms with E-state index in [1.807, 2.05) is 12.1 Å². The topological polar surface area (TPSA) is 6.48 Å². The van der Waals surface area contributed by atoms with Gasteiger partial charge in [0.25, 0.3) is 0 Å². The van der Waals surface area contributed by atoms with E-state index in [1.165, 1.54) is 44.5 Å². The SMILES string of the molecule is C[C@H]1CCC[C@H](N2CCN(c3ccc(Cl)cc3)CC2)C1. The van der Waals surface area contributed by atoms with Crippen LogP contribution in [-0.2, 0) is 0 Å². The van der Waals surface area contributed by atoms with E-state index >= 15 is 0 Å². The van der Waals surface area contributed by atoms with E-state index in [0.29, 0.717) is 0 Å². The zero-order valence-corrected chi connectivity index (χ0v) is 13.1. The minimum Gasteiger partial charge on any atom is -0.369 e. The fourth-order valence-corrected chi connectivity index (χ4v) is 3.86. The van der Waals surface area contributed by atoms with Gasteiger partial charge >= 0.3 is 0 Å². The summed E-state index contributed by atoms with van der Waals surface area (Å²) in [4.78, 5) is 5.21. The first-order valence-electron chi connectivity index (χ1n) is 7.97. The maximum Gasteiger partial charge on any atom is 0.0407 e. The molecular weight excluding hydrogens is 268 g/mol. The number of nitrogens with zero attached hydrogens (tertiary/aromatic N) is 2. The lowest BCUT2D eigenvalue weighted by atomic mass is 9.86. The minimum absolute atomic E-state index is 0.823. The van der Waals surface area contributed by atoms with Crippen molar-refractivity contribution in [1.82, 2.24) is 4.90 Å². The molecule has 0 bridgehead atoms. The van der Waals surface area contributed by atoms with Crippen molar-refractivity contribution in [2.24, 2.45) is 5.92 Å². The van der Waals surface area contributed by atoms with Crippen molar-refractivity contribution in [3.05, 3.63) is 29.3 Å². The van der Waals surface area contributed by atoms with Gasteiger partial charge in [-0.05, 0) is 43.0 Å². The zero-order chi connectivity index (χ0) is 13.9. The van der Waals surface area contributed by atoms with Gasteiger partial charge in [0.2, 0.25) is 0 Å². The molecule has 0 radical (unpaired) electrons. The summed E-state index contributed by atoms with van der Waals surface area (Å²) >= 11 is 5.96. The third kappa shape index (κ3) is 3.29. The summed E-state index contributed by atoms with van der Waals surface area (Å²) in [7, 11) is 0. The van der Waals surface area contributed by atoms with E-state index in [-0.39, 0.29) is 0 Å². The molecule has 0 aromatic heterocycles. The van der Waals surface area contributed by atoms with Gasteiger partial charge in [0.05, 0.1) is 0 Å². The predicted octanol–water partition coefficient (Wildman–Crippen LogP) is 4.04. The van der Waals surface area contributed by atoms with Crippen LogP contribution in [0, 0.1) is 5.92 Å². The molecule has 2 atom stereocenters. The summed E-state index contributed by atoms with van der Waals surface area (Å²) in [6, 6.07) is 9.10. The van der Waals surface area contributed by atoms with E-state index in [2.05, 4.69) is 28.9 Å². The van der Waals surface area contributed by atoms with Gasteiger partial charge in [-0.25, -0.2) is 0 Å². The van der Waals surface area contributed by atoms with E-state index in [4.69, 9.17) is 11.6 Å². The van der Waals surface area contributed by atoms with Crippen molar-refractivity contribution < 1.29 is 0 Å². The first-order chi connectivity index (χ1) is 9.72. The van der Waals surface area contributed by atoms with Crippen molar-refractivity contribution in [2.45, 2.75) is 38.6 Å². The van der Waals surface area contributed by atoms with Crippen LogP contribution in [0.15, 0.2) is 24.3 Å². The third-order valence-corrected chi connectivity index (χ3v) is 5.18. The molecule has 0 N–H and O–H groups in total. The maximum absolute atomic E-state index is 5.96. The lowest BCUT2D eigenvalue weighted by molar-refractivity contribution is 0.127. The van der Waals surface area contributed by atoms with Crippen LogP contribution in [0.5, 0.6) is 0 Å². The van der Waals surface area contributed by atoms with Gasteiger partial charge in [0.1, 0.15) is 0 Å². The zero-order valence-electron chi connectivity index (χ0n) is 12.4. The molecule has 110 valence electrons. The van der Waals surface area contributed by atoms with Crippen molar-refractivity contribution in [3.8, 4) is 0 Å². The van der Waals surface area contributed by atoms with Gasteiger partial charge in [0, 0.05) is 42.9 Å². The Morgan fingerprint density at radius 1 is 1.00 bits per heavy atom. The largest absolute Gasteiger partial charge is 0.369 e. The molecule has 1 aromatic carbocycles. The molecule has 0 unspecified atom stereocenters. The van der Waals surface area contributed by atoms with Gasteiger partial charge in [0.15, 0.2) is 0 Å². The summed E-state index contributed by atoms with van der Waals surface area (Å²) in [5.74, 6) is 0.919. The molecule has 3 rings (SSSR count). The molecule has 3 heteroatoms. The second-order valence-corrected chi connectivity index (χ2v) is 6.86. The molecule has 2 fully saturated rings. The Bertz CT molecular complexity index is 423. The molecule has 1 aliphatic carbocycles. The van der Waals surface area contributed by atoms with Gasteiger partial charge in [-0.1, -0.05) is 31.4 Å². The first kappa shape index (κ1) is 14.2. The Kier molecular flexibility index (Phi) is 4.52. The van der Waals surface area contributed by atoms with E-state index in [0.717, 1.165) is 30.1 Å². The van der Waals surface area contributed by atoms with Crippen LogP contribution in [0.4, 0.5) is 5.69 Å². The minimum atomic E-state index is 0.823. The first-order valence-corrected chi connectivity index (χ1v) is 8.35. The molecule has 2 aliphatic rings. The number of hydrogen-bond acceptors (Lipinski definition) is 2. The highest BCUT2D eigenvalue weighted by atomic mass is 35.5. The molecule has 20 heavy (non-hydrogen) atoms. The van der Waals surface area contributed by atoms with Crippen LogP contribution in [0.25, 0.3) is 0 Å². The predicted molar refractivity (Wildman–Crippen MR) is 86.7 cm³/mol. The summed E-state index contributed by atoms with van der Waals surface area (Å²) < 4.78 is 0. The summed E-state index contributed by atoms with van der Waals surface area (Å²) in [6.07, 6.45) is 5.66. The van der Waals surface area contributed by atoms with E-state index < -0.39 is 0 Å².